The van der Waals surface area contributed by atoms with E-state index in [-0.39, 0.29) is 23.3 Å². The molecule has 1 aliphatic rings. The molecular formula is C25H32Cl2N2O. The Morgan fingerprint density at radius 2 is 1.73 bits per heavy atom. The van der Waals surface area contributed by atoms with Crippen LogP contribution in [0.15, 0.2) is 42.5 Å². The van der Waals surface area contributed by atoms with Gasteiger partial charge in [-0.3, -0.25) is 9.69 Å². The van der Waals surface area contributed by atoms with E-state index in [0.717, 1.165) is 43.6 Å². The fourth-order valence-corrected chi connectivity index (χ4v) is 4.40. The Morgan fingerprint density at radius 1 is 1.10 bits per heavy atom. The van der Waals surface area contributed by atoms with E-state index in [1.807, 2.05) is 12.1 Å². The zero-order valence-electron chi connectivity index (χ0n) is 18.3. The lowest BCUT2D eigenvalue weighted by Gasteiger charge is -2.32. The van der Waals surface area contributed by atoms with Crippen molar-refractivity contribution in [3.8, 4) is 0 Å². The van der Waals surface area contributed by atoms with E-state index in [0.29, 0.717) is 10.0 Å². The van der Waals surface area contributed by atoms with Gasteiger partial charge in [0.1, 0.15) is 0 Å². The van der Waals surface area contributed by atoms with E-state index in [1.165, 1.54) is 5.56 Å². The average Bonchev–Trinajstić information content (AvgIpc) is 2.70. The summed E-state index contributed by atoms with van der Waals surface area (Å²) in [7, 11) is 0. The molecule has 0 aromatic heterocycles. The Kier molecular flexibility index (Phi) is 7.49. The van der Waals surface area contributed by atoms with Gasteiger partial charge in [0.05, 0.1) is 6.04 Å². The van der Waals surface area contributed by atoms with Crippen LogP contribution >= 0.6 is 23.2 Å². The number of hydrogen-bond donors (Lipinski definition) is 1. The average molecular weight is 447 g/mol. The fraction of sp³-hybridized carbons (Fsp3) is 0.480. The summed E-state index contributed by atoms with van der Waals surface area (Å²) in [5.41, 5.74) is 3.66. The summed E-state index contributed by atoms with van der Waals surface area (Å²) in [6.45, 7) is 11.3. The quantitative estimate of drug-likeness (QED) is 0.577. The van der Waals surface area contributed by atoms with Crippen molar-refractivity contribution in [2.45, 2.75) is 58.5 Å². The van der Waals surface area contributed by atoms with Crippen LogP contribution in [-0.4, -0.2) is 23.9 Å². The van der Waals surface area contributed by atoms with Gasteiger partial charge in [-0.2, -0.15) is 0 Å². The predicted octanol–water partition coefficient (Wildman–Crippen LogP) is 6.38. The molecule has 0 aliphatic carbocycles. The Balaban J connectivity index is 1.50. The van der Waals surface area contributed by atoms with Crippen LogP contribution in [0, 0.1) is 5.92 Å². The number of rotatable bonds is 5. The van der Waals surface area contributed by atoms with Crippen molar-refractivity contribution in [2.75, 3.05) is 13.1 Å². The molecule has 5 heteroatoms. The molecule has 0 radical (unpaired) electrons. The third kappa shape index (κ3) is 6.00. The van der Waals surface area contributed by atoms with Crippen LogP contribution in [0.25, 0.3) is 0 Å². The van der Waals surface area contributed by atoms with E-state index in [1.54, 1.807) is 6.07 Å². The van der Waals surface area contributed by atoms with Crippen LogP contribution in [0.3, 0.4) is 0 Å². The van der Waals surface area contributed by atoms with Crippen LogP contribution in [0.5, 0.6) is 0 Å². The van der Waals surface area contributed by atoms with Gasteiger partial charge >= 0.3 is 0 Å². The third-order valence-electron chi connectivity index (χ3n) is 6.00. The Bertz CT molecular complexity index is 866. The molecule has 1 fully saturated rings. The van der Waals surface area contributed by atoms with Gasteiger partial charge in [0.25, 0.3) is 0 Å². The number of piperidine rings is 1. The van der Waals surface area contributed by atoms with Gasteiger partial charge in [-0.15, -0.1) is 0 Å². The highest BCUT2D eigenvalue weighted by molar-refractivity contribution is 6.35. The summed E-state index contributed by atoms with van der Waals surface area (Å²) >= 11 is 12.3. The van der Waals surface area contributed by atoms with Gasteiger partial charge in [0.15, 0.2) is 0 Å². The maximum Gasteiger partial charge on any atom is 0.223 e. The minimum atomic E-state index is 0.0115. The number of nitrogens with one attached hydrogen (secondary N) is 1. The highest BCUT2D eigenvalue weighted by atomic mass is 35.5. The number of nitrogens with zero attached hydrogens (tertiary/aromatic N) is 1. The third-order valence-corrected chi connectivity index (χ3v) is 6.59. The molecule has 1 saturated heterocycles. The second-order valence-electron chi connectivity index (χ2n) is 9.39. The summed E-state index contributed by atoms with van der Waals surface area (Å²) < 4.78 is 0. The first-order valence-electron chi connectivity index (χ1n) is 10.7. The van der Waals surface area contributed by atoms with E-state index in [2.05, 4.69) is 62.2 Å². The van der Waals surface area contributed by atoms with E-state index in [4.69, 9.17) is 23.2 Å². The predicted molar refractivity (Wildman–Crippen MR) is 126 cm³/mol. The summed E-state index contributed by atoms with van der Waals surface area (Å²) in [6.07, 6.45) is 1.74. The first-order valence-corrected chi connectivity index (χ1v) is 11.5. The summed E-state index contributed by atoms with van der Waals surface area (Å²) in [4.78, 5) is 15.2. The lowest BCUT2D eigenvalue weighted by molar-refractivity contribution is -0.127. The molecule has 0 bridgehead atoms. The number of benzene rings is 2. The van der Waals surface area contributed by atoms with Crippen molar-refractivity contribution in [1.29, 1.82) is 0 Å². The summed E-state index contributed by atoms with van der Waals surface area (Å²) in [6, 6.07) is 14.2. The molecule has 3 rings (SSSR count). The minimum absolute atomic E-state index is 0.0115. The second-order valence-corrected chi connectivity index (χ2v) is 10.2. The van der Waals surface area contributed by atoms with Gasteiger partial charge in [0, 0.05) is 22.5 Å². The molecular weight excluding hydrogens is 415 g/mol. The van der Waals surface area contributed by atoms with E-state index >= 15 is 0 Å². The zero-order chi connectivity index (χ0) is 21.9. The Labute approximate surface area is 190 Å². The first kappa shape index (κ1) is 23.1. The molecule has 1 heterocycles. The van der Waals surface area contributed by atoms with Crippen molar-refractivity contribution < 1.29 is 4.79 Å². The molecule has 1 atom stereocenters. The highest BCUT2D eigenvalue weighted by Crippen LogP contribution is 2.26. The number of carbonyl (C=O) groups is 1. The first-order chi connectivity index (χ1) is 14.1. The van der Waals surface area contributed by atoms with Crippen molar-refractivity contribution in [3.63, 3.8) is 0 Å². The molecule has 1 aliphatic heterocycles. The standard InChI is InChI=1S/C25H32Cl2N2O/c1-17(18-5-8-21(9-6-18)25(2,3)4)28-24(30)19-11-13-29(14-12-19)16-20-7-10-22(26)15-23(20)27/h5-10,15,17,19H,11-14,16H2,1-4H3,(H,28,30)/t17-/m0/s1. The van der Waals surface area contributed by atoms with Crippen LogP contribution in [0.2, 0.25) is 10.0 Å². The SMILES string of the molecule is C[C@H](NC(=O)C1CCN(Cc2ccc(Cl)cc2Cl)CC1)c1ccc(C(C)(C)C)cc1. The molecule has 1 amide bonds. The van der Waals surface area contributed by atoms with E-state index < -0.39 is 0 Å². The van der Waals surface area contributed by atoms with Gasteiger partial charge in [-0.1, -0.05) is 74.3 Å². The molecule has 2 aromatic rings. The monoisotopic (exact) mass is 446 g/mol. The molecule has 3 nitrogen and oxygen atoms in total. The maximum absolute atomic E-state index is 12.8. The number of carbonyl (C=O) groups excluding carboxylic acids is 1. The van der Waals surface area contributed by atoms with Crippen molar-refractivity contribution in [2.24, 2.45) is 5.92 Å². The van der Waals surface area contributed by atoms with Crippen LogP contribution in [-0.2, 0) is 16.8 Å². The number of halogens is 2. The van der Waals surface area contributed by atoms with Crippen LogP contribution in [0.1, 0.15) is 63.3 Å². The molecule has 162 valence electrons. The topological polar surface area (TPSA) is 32.3 Å². The maximum atomic E-state index is 12.8. The van der Waals surface area contributed by atoms with Gasteiger partial charge in [-0.25, -0.2) is 0 Å². The summed E-state index contributed by atoms with van der Waals surface area (Å²) in [5.74, 6) is 0.227. The van der Waals surface area contributed by atoms with Gasteiger partial charge in [0.2, 0.25) is 5.91 Å². The molecule has 0 saturated carbocycles. The fourth-order valence-electron chi connectivity index (χ4n) is 3.93. The van der Waals surface area contributed by atoms with Crippen molar-refractivity contribution in [3.05, 3.63) is 69.2 Å². The molecule has 0 unspecified atom stereocenters. The van der Waals surface area contributed by atoms with Gasteiger partial charge in [-0.05, 0) is 67.1 Å². The Morgan fingerprint density at radius 3 is 2.30 bits per heavy atom. The van der Waals surface area contributed by atoms with Crippen molar-refractivity contribution in [1.82, 2.24) is 10.2 Å². The molecule has 0 spiro atoms. The van der Waals surface area contributed by atoms with Crippen LogP contribution in [0.4, 0.5) is 0 Å². The lowest BCUT2D eigenvalue weighted by atomic mass is 9.86. The molecule has 1 N–H and O–H groups in total. The Hall–Kier alpha value is -1.55. The summed E-state index contributed by atoms with van der Waals surface area (Å²) in [5, 5.41) is 4.57. The van der Waals surface area contributed by atoms with Crippen LogP contribution < -0.4 is 5.32 Å². The second kappa shape index (κ2) is 9.72. The molecule has 30 heavy (non-hydrogen) atoms. The highest BCUT2D eigenvalue weighted by Gasteiger charge is 2.26. The number of amides is 1. The molecule has 2 aromatic carbocycles. The normalized spacial score (nSPS) is 17.0. The number of likely N-dealkylation sites (tertiary alicyclic amines) is 1. The largest absolute Gasteiger partial charge is 0.349 e. The van der Waals surface area contributed by atoms with Crippen molar-refractivity contribution >= 4 is 29.1 Å². The number of hydrogen-bond acceptors (Lipinski definition) is 2. The van der Waals surface area contributed by atoms with Gasteiger partial charge < -0.3 is 5.32 Å². The lowest BCUT2D eigenvalue weighted by Crippen LogP contribution is -2.40. The smallest absolute Gasteiger partial charge is 0.223 e. The van der Waals surface area contributed by atoms with E-state index in [9.17, 15) is 4.79 Å². The zero-order valence-corrected chi connectivity index (χ0v) is 19.9. The minimum Gasteiger partial charge on any atom is -0.349 e.